The van der Waals surface area contributed by atoms with Crippen LogP contribution in [0.5, 0.6) is 0 Å². The molecule has 3 aromatic rings. The average molecular weight is 406 g/mol. The van der Waals surface area contributed by atoms with Gasteiger partial charge in [0.1, 0.15) is 17.5 Å². The summed E-state index contributed by atoms with van der Waals surface area (Å²) in [5.41, 5.74) is 2.04. The van der Waals surface area contributed by atoms with Crippen LogP contribution in [0.1, 0.15) is 29.9 Å². The summed E-state index contributed by atoms with van der Waals surface area (Å²) < 4.78 is 1.62. The van der Waals surface area contributed by atoms with Gasteiger partial charge in [0.2, 0.25) is 0 Å². The Morgan fingerprint density at radius 1 is 1.03 bits per heavy atom. The second-order valence-corrected chi connectivity index (χ2v) is 7.59. The molecule has 4 heterocycles. The van der Waals surface area contributed by atoms with Crippen LogP contribution in [0.25, 0.3) is 5.82 Å². The van der Waals surface area contributed by atoms with Crippen LogP contribution in [-0.4, -0.2) is 49.9 Å². The number of anilines is 2. The molecule has 3 aromatic heterocycles. The maximum atomic E-state index is 12.6. The number of urea groups is 1. The largest absolute Gasteiger partial charge is 0.356 e. The van der Waals surface area contributed by atoms with Crippen LogP contribution in [0.15, 0.2) is 36.7 Å². The van der Waals surface area contributed by atoms with E-state index in [1.165, 1.54) is 0 Å². The minimum atomic E-state index is -0.239. The average Bonchev–Trinajstić information content (AvgIpc) is 3.16. The number of hydrogen-bond acceptors (Lipinski definition) is 6. The maximum absolute atomic E-state index is 12.6. The van der Waals surface area contributed by atoms with E-state index >= 15 is 0 Å². The molecule has 1 aliphatic heterocycles. The highest BCUT2D eigenvalue weighted by molar-refractivity contribution is 5.88. The van der Waals surface area contributed by atoms with Crippen LogP contribution >= 0.6 is 0 Å². The zero-order valence-electron chi connectivity index (χ0n) is 17.5. The Labute approximate surface area is 175 Å². The Morgan fingerprint density at radius 3 is 2.57 bits per heavy atom. The molecule has 0 atom stereocenters. The highest BCUT2D eigenvalue weighted by Gasteiger charge is 2.22. The van der Waals surface area contributed by atoms with Crippen LogP contribution in [0.4, 0.5) is 16.4 Å². The van der Waals surface area contributed by atoms with Gasteiger partial charge in [-0.05, 0) is 51.3 Å². The zero-order valence-corrected chi connectivity index (χ0v) is 17.5. The number of carbonyl (C=O) groups excluding carboxylic acids is 1. The van der Waals surface area contributed by atoms with Crippen LogP contribution in [0.2, 0.25) is 0 Å². The van der Waals surface area contributed by atoms with E-state index in [1.54, 1.807) is 23.1 Å². The molecule has 9 nitrogen and oxygen atoms in total. The summed E-state index contributed by atoms with van der Waals surface area (Å²) in [5, 5.41) is 10.2. The lowest BCUT2D eigenvalue weighted by molar-refractivity contribution is 0.246. The van der Waals surface area contributed by atoms with Crippen LogP contribution in [-0.2, 0) is 0 Å². The van der Waals surface area contributed by atoms with Gasteiger partial charge in [0, 0.05) is 43.2 Å². The molecule has 1 aliphatic rings. The Kier molecular flexibility index (Phi) is 5.60. The molecule has 0 spiro atoms. The number of nitrogens with zero attached hydrogens (tertiary/aromatic N) is 6. The number of nitrogens with one attached hydrogen (secondary N) is 2. The number of amides is 2. The number of carbonyl (C=O) groups is 1. The molecule has 0 unspecified atom stereocenters. The van der Waals surface area contributed by atoms with Crippen molar-refractivity contribution in [3.05, 3.63) is 53.7 Å². The van der Waals surface area contributed by atoms with Crippen molar-refractivity contribution in [2.45, 2.75) is 39.7 Å². The fourth-order valence-electron chi connectivity index (χ4n) is 3.67. The molecule has 0 radical (unpaired) electrons. The first-order valence-corrected chi connectivity index (χ1v) is 10.1. The second-order valence-electron chi connectivity index (χ2n) is 7.59. The van der Waals surface area contributed by atoms with Crippen LogP contribution in [0, 0.1) is 20.8 Å². The third-order valence-corrected chi connectivity index (χ3v) is 5.11. The number of hydrogen-bond donors (Lipinski definition) is 2. The molecule has 2 N–H and O–H groups in total. The topological polar surface area (TPSA) is 101 Å². The molecule has 0 aromatic carbocycles. The van der Waals surface area contributed by atoms with E-state index in [2.05, 4.69) is 35.6 Å². The van der Waals surface area contributed by atoms with Gasteiger partial charge in [0.15, 0.2) is 5.82 Å². The van der Waals surface area contributed by atoms with Crippen LogP contribution in [0.3, 0.4) is 0 Å². The third kappa shape index (κ3) is 4.56. The standard InChI is InChI=1S/C21H26N8O/c1-14-4-8-22-19(12-14)29-18(5-9-23-29)27-21(30)26-17-6-10-28(11-7-17)20-13-15(2)24-16(3)25-20/h4-5,8-9,12-13,17H,6-7,10-11H2,1-3H3,(H2,26,27,30). The van der Waals surface area contributed by atoms with Gasteiger partial charge in [0.05, 0.1) is 6.20 Å². The van der Waals surface area contributed by atoms with E-state index in [0.717, 1.165) is 48.8 Å². The number of aryl methyl sites for hydroxylation is 3. The molecule has 9 heteroatoms. The summed E-state index contributed by atoms with van der Waals surface area (Å²) in [6.07, 6.45) is 5.08. The Morgan fingerprint density at radius 2 is 1.83 bits per heavy atom. The highest BCUT2D eigenvalue weighted by Crippen LogP contribution is 2.19. The number of pyridine rings is 1. The third-order valence-electron chi connectivity index (χ3n) is 5.11. The normalized spacial score (nSPS) is 14.6. The van der Waals surface area contributed by atoms with Gasteiger partial charge in [-0.1, -0.05) is 0 Å². The van der Waals surface area contributed by atoms with E-state index in [1.807, 2.05) is 39.0 Å². The molecule has 0 bridgehead atoms. The van der Waals surface area contributed by atoms with Crippen molar-refractivity contribution in [2.75, 3.05) is 23.3 Å². The van der Waals surface area contributed by atoms with Crippen molar-refractivity contribution in [1.29, 1.82) is 0 Å². The first kappa shape index (κ1) is 19.8. The van der Waals surface area contributed by atoms with Gasteiger partial charge < -0.3 is 10.2 Å². The lowest BCUT2D eigenvalue weighted by Crippen LogP contribution is -2.46. The molecule has 0 aliphatic carbocycles. The molecule has 156 valence electrons. The van der Waals surface area contributed by atoms with E-state index in [4.69, 9.17) is 0 Å². The molecular weight excluding hydrogens is 380 g/mol. The minimum absolute atomic E-state index is 0.110. The van der Waals surface area contributed by atoms with Crippen LogP contribution < -0.4 is 15.5 Å². The smallest absolute Gasteiger partial charge is 0.320 e. The molecule has 1 saturated heterocycles. The van der Waals surface area contributed by atoms with Crippen molar-refractivity contribution < 1.29 is 4.79 Å². The molecule has 4 rings (SSSR count). The Balaban J connectivity index is 1.33. The monoisotopic (exact) mass is 406 g/mol. The van der Waals surface area contributed by atoms with Crippen molar-refractivity contribution in [2.24, 2.45) is 0 Å². The predicted molar refractivity (Wildman–Crippen MR) is 115 cm³/mol. The summed E-state index contributed by atoms with van der Waals surface area (Å²) in [6.45, 7) is 7.56. The zero-order chi connectivity index (χ0) is 21.1. The summed E-state index contributed by atoms with van der Waals surface area (Å²) in [6, 6.07) is 7.47. The number of piperidine rings is 1. The summed E-state index contributed by atoms with van der Waals surface area (Å²) in [5.74, 6) is 2.98. The molecular formula is C21H26N8O. The summed E-state index contributed by atoms with van der Waals surface area (Å²) >= 11 is 0. The first-order chi connectivity index (χ1) is 14.5. The Bertz CT molecular complexity index is 1020. The lowest BCUT2D eigenvalue weighted by atomic mass is 10.1. The van der Waals surface area contributed by atoms with Crippen molar-refractivity contribution >= 4 is 17.7 Å². The fraction of sp³-hybridized carbons (Fsp3) is 0.381. The van der Waals surface area contributed by atoms with E-state index in [0.29, 0.717) is 11.6 Å². The fourth-order valence-corrected chi connectivity index (χ4v) is 3.67. The van der Waals surface area contributed by atoms with Crippen molar-refractivity contribution in [3.63, 3.8) is 0 Å². The van der Waals surface area contributed by atoms with Gasteiger partial charge >= 0.3 is 6.03 Å². The molecule has 0 saturated carbocycles. The van der Waals surface area contributed by atoms with E-state index in [-0.39, 0.29) is 12.1 Å². The van der Waals surface area contributed by atoms with Crippen molar-refractivity contribution in [1.82, 2.24) is 30.0 Å². The van der Waals surface area contributed by atoms with E-state index < -0.39 is 0 Å². The van der Waals surface area contributed by atoms with Gasteiger partial charge in [-0.15, -0.1) is 0 Å². The predicted octanol–water partition coefficient (Wildman–Crippen LogP) is 2.77. The highest BCUT2D eigenvalue weighted by atomic mass is 16.2. The SMILES string of the molecule is Cc1ccnc(-n2nccc2NC(=O)NC2CCN(c3cc(C)nc(C)n3)CC2)c1. The maximum Gasteiger partial charge on any atom is 0.320 e. The van der Waals surface area contributed by atoms with E-state index in [9.17, 15) is 4.79 Å². The first-order valence-electron chi connectivity index (χ1n) is 10.1. The quantitative estimate of drug-likeness (QED) is 0.691. The van der Waals surface area contributed by atoms with Gasteiger partial charge in [-0.2, -0.15) is 9.78 Å². The van der Waals surface area contributed by atoms with Gasteiger partial charge in [-0.25, -0.2) is 19.7 Å². The Hall–Kier alpha value is -3.49. The summed E-state index contributed by atoms with van der Waals surface area (Å²) in [4.78, 5) is 28.0. The second kappa shape index (κ2) is 8.48. The summed E-state index contributed by atoms with van der Waals surface area (Å²) in [7, 11) is 0. The van der Waals surface area contributed by atoms with Crippen molar-refractivity contribution in [3.8, 4) is 5.82 Å². The lowest BCUT2D eigenvalue weighted by Gasteiger charge is -2.33. The van der Waals surface area contributed by atoms with Gasteiger partial charge in [0.25, 0.3) is 0 Å². The number of rotatable bonds is 4. The molecule has 1 fully saturated rings. The minimum Gasteiger partial charge on any atom is -0.356 e. The molecule has 30 heavy (non-hydrogen) atoms. The van der Waals surface area contributed by atoms with Gasteiger partial charge in [-0.3, -0.25) is 5.32 Å². The molecule has 2 amide bonds. The number of aromatic nitrogens is 5.